The van der Waals surface area contributed by atoms with Gasteiger partial charge in [0.05, 0.1) is 17.3 Å². The lowest BCUT2D eigenvalue weighted by atomic mass is 10.2. The fourth-order valence-corrected chi connectivity index (χ4v) is 2.72. The summed E-state index contributed by atoms with van der Waals surface area (Å²) in [4.78, 5) is 16.4. The molecule has 0 spiro atoms. The molecule has 1 amide bonds. The Kier molecular flexibility index (Phi) is 4.76. The molecule has 1 N–H and O–H groups in total. The van der Waals surface area contributed by atoms with Crippen LogP contribution < -0.4 is 5.32 Å². The second-order valence-electron chi connectivity index (χ2n) is 5.58. The predicted molar refractivity (Wildman–Crippen MR) is 89.1 cm³/mol. The van der Waals surface area contributed by atoms with Gasteiger partial charge in [-0.15, -0.1) is 0 Å². The van der Waals surface area contributed by atoms with Crippen molar-refractivity contribution in [3.8, 4) is 0 Å². The highest BCUT2D eigenvalue weighted by molar-refractivity contribution is 5.76. The molecule has 0 saturated heterocycles. The van der Waals surface area contributed by atoms with E-state index in [9.17, 15) is 4.79 Å². The normalized spacial score (nSPS) is 11.0. The summed E-state index contributed by atoms with van der Waals surface area (Å²) >= 11 is 0. The quantitative estimate of drug-likeness (QED) is 0.682. The van der Waals surface area contributed by atoms with E-state index >= 15 is 0 Å². The van der Waals surface area contributed by atoms with Crippen molar-refractivity contribution in [3.63, 3.8) is 0 Å². The van der Waals surface area contributed by atoms with Crippen LogP contribution >= 0.6 is 0 Å². The number of hydrogen-bond acceptors (Lipinski definition) is 3. The number of nitrogens with one attached hydrogen (secondary N) is 1. The SMILES string of the molecule is Cc1nc2ccccc2n1CCCNC(=O)CCc1ccco1. The minimum absolute atomic E-state index is 0.0635. The Bertz CT molecular complexity index is 775. The number of fused-ring (bicyclic) bond motifs is 1. The van der Waals surface area contributed by atoms with Crippen molar-refractivity contribution < 1.29 is 9.21 Å². The molecule has 0 aliphatic heterocycles. The zero-order chi connectivity index (χ0) is 16.1. The fraction of sp³-hybridized carbons (Fsp3) is 0.333. The van der Waals surface area contributed by atoms with E-state index in [-0.39, 0.29) is 5.91 Å². The van der Waals surface area contributed by atoms with Crippen LogP contribution in [0.15, 0.2) is 47.1 Å². The second kappa shape index (κ2) is 7.13. The van der Waals surface area contributed by atoms with Crippen LogP contribution in [0.3, 0.4) is 0 Å². The summed E-state index contributed by atoms with van der Waals surface area (Å²) in [6.07, 6.45) is 3.61. The van der Waals surface area contributed by atoms with Crippen molar-refractivity contribution in [2.75, 3.05) is 6.54 Å². The number of carbonyl (C=O) groups is 1. The molecule has 5 heteroatoms. The maximum atomic E-state index is 11.8. The molecule has 120 valence electrons. The molecule has 0 unspecified atom stereocenters. The highest BCUT2D eigenvalue weighted by Crippen LogP contribution is 2.15. The Balaban J connectivity index is 1.44. The number of benzene rings is 1. The summed E-state index contributed by atoms with van der Waals surface area (Å²) in [6.45, 7) is 3.54. The molecule has 2 heterocycles. The van der Waals surface area contributed by atoms with E-state index < -0.39 is 0 Å². The third-order valence-corrected chi connectivity index (χ3v) is 3.90. The molecule has 0 radical (unpaired) electrons. The number of hydrogen-bond donors (Lipinski definition) is 1. The first-order chi connectivity index (χ1) is 11.2. The van der Waals surface area contributed by atoms with E-state index in [2.05, 4.69) is 20.9 Å². The summed E-state index contributed by atoms with van der Waals surface area (Å²) in [7, 11) is 0. The zero-order valence-corrected chi connectivity index (χ0v) is 13.3. The Morgan fingerprint density at radius 2 is 2.13 bits per heavy atom. The molecular weight excluding hydrogens is 290 g/mol. The Labute approximate surface area is 135 Å². The Morgan fingerprint density at radius 1 is 1.26 bits per heavy atom. The van der Waals surface area contributed by atoms with Gasteiger partial charge in [-0.1, -0.05) is 12.1 Å². The maximum absolute atomic E-state index is 11.8. The summed E-state index contributed by atoms with van der Waals surface area (Å²) in [5.74, 6) is 1.92. The first-order valence-electron chi connectivity index (χ1n) is 7.95. The number of aryl methyl sites for hydroxylation is 3. The van der Waals surface area contributed by atoms with Gasteiger partial charge in [-0.2, -0.15) is 0 Å². The van der Waals surface area contributed by atoms with Gasteiger partial charge in [0.15, 0.2) is 0 Å². The van der Waals surface area contributed by atoms with E-state index in [1.54, 1.807) is 6.26 Å². The van der Waals surface area contributed by atoms with Crippen LogP contribution in [0.2, 0.25) is 0 Å². The summed E-state index contributed by atoms with van der Waals surface area (Å²) in [5, 5.41) is 2.96. The number of amides is 1. The standard InChI is InChI=1S/C18H21N3O2/c1-14-20-16-7-2-3-8-17(16)21(14)12-5-11-19-18(22)10-9-15-6-4-13-23-15/h2-4,6-8,13H,5,9-12H2,1H3,(H,19,22). The third-order valence-electron chi connectivity index (χ3n) is 3.90. The summed E-state index contributed by atoms with van der Waals surface area (Å²) in [5.41, 5.74) is 2.17. The van der Waals surface area contributed by atoms with Gasteiger partial charge in [-0.3, -0.25) is 4.79 Å². The molecule has 2 aromatic heterocycles. The molecule has 1 aromatic carbocycles. The van der Waals surface area contributed by atoms with Gasteiger partial charge < -0.3 is 14.3 Å². The van der Waals surface area contributed by atoms with E-state index in [1.807, 2.05) is 37.3 Å². The number of rotatable bonds is 7. The predicted octanol–water partition coefficient (Wildman–Crippen LogP) is 3.08. The Morgan fingerprint density at radius 3 is 2.96 bits per heavy atom. The lowest BCUT2D eigenvalue weighted by Crippen LogP contribution is -2.25. The maximum Gasteiger partial charge on any atom is 0.220 e. The van der Waals surface area contributed by atoms with Gasteiger partial charge >= 0.3 is 0 Å². The number of aromatic nitrogens is 2. The minimum atomic E-state index is 0.0635. The van der Waals surface area contributed by atoms with E-state index in [1.165, 1.54) is 0 Å². The van der Waals surface area contributed by atoms with Crippen LogP contribution in [0.1, 0.15) is 24.4 Å². The third kappa shape index (κ3) is 3.80. The average Bonchev–Trinajstić information content (AvgIpc) is 3.17. The van der Waals surface area contributed by atoms with E-state index in [0.29, 0.717) is 19.4 Å². The van der Waals surface area contributed by atoms with Gasteiger partial charge in [0.25, 0.3) is 0 Å². The molecule has 0 aliphatic carbocycles. The van der Waals surface area contributed by atoms with E-state index in [0.717, 1.165) is 35.6 Å². The molecule has 0 bridgehead atoms. The van der Waals surface area contributed by atoms with Gasteiger partial charge in [0.1, 0.15) is 11.6 Å². The van der Waals surface area contributed by atoms with Crippen LogP contribution in [0, 0.1) is 6.92 Å². The lowest BCUT2D eigenvalue weighted by Gasteiger charge is -2.08. The first kappa shape index (κ1) is 15.3. The van der Waals surface area contributed by atoms with Crippen LogP contribution in [0.4, 0.5) is 0 Å². The topological polar surface area (TPSA) is 60.1 Å². The molecule has 0 fully saturated rings. The van der Waals surface area contributed by atoms with Gasteiger partial charge in [0, 0.05) is 25.9 Å². The number of para-hydroxylation sites is 2. The highest BCUT2D eigenvalue weighted by Gasteiger charge is 2.07. The molecule has 3 aromatic rings. The molecule has 0 saturated carbocycles. The largest absolute Gasteiger partial charge is 0.469 e. The van der Waals surface area contributed by atoms with Crippen molar-refractivity contribution in [2.45, 2.75) is 32.7 Å². The summed E-state index contributed by atoms with van der Waals surface area (Å²) in [6, 6.07) is 11.9. The molecule has 0 atom stereocenters. The highest BCUT2D eigenvalue weighted by atomic mass is 16.3. The van der Waals surface area contributed by atoms with Crippen LogP contribution in [0.25, 0.3) is 11.0 Å². The average molecular weight is 311 g/mol. The van der Waals surface area contributed by atoms with Crippen LogP contribution in [0.5, 0.6) is 0 Å². The van der Waals surface area contributed by atoms with Crippen LogP contribution in [-0.4, -0.2) is 22.0 Å². The summed E-state index contributed by atoms with van der Waals surface area (Å²) < 4.78 is 7.42. The molecular formula is C18H21N3O2. The minimum Gasteiger partial charge on any atom is -0.469 e. The smallest absolute Gasteiger partial charge is 0.220 e. The number of imidazole rings is 1. The number of carbonyl (C=O) groups excluding carboxylic acids is 1. The zero-order valence-electron chi connectivity index (χ0n) is 13.3. The molecule has 23 heavy (non-hydrogen) atoms. The number of nitrogens with zero attached hydrogens (tertiary/aromatic N) is 2. The van der Waals surface area contributed by atoms with Gasteiger partial charge in [-0.05, 0) is 37.6 Å². The second-order valence-corrected chi connectivity index (χ2v) is 5.58. The van der Waals surface area contributed by atoms with Gasteiger partial charge in [0.2, 0.25) is 5.91 Å². The first-order valence-corrected chi connectivity index (χ1v) is 7.95. The van der Waals surface area contributed by atoms with Crippen molar-refractivity contribution >= 4 is 16.9 Å². The molecule has 0 aliphatic rings. The molecule has 5 nitrogen and oxygen atoms in total. The van der Waals surface area contributed by atoms with Crippen LogP contribution in [-0.2, 0) is 17.8 Å². The van der Waals surface area contributed by atoms with Crippen molar-refractivity contribution in [1.82, 2.24) is 14.9 Å². The van der Waals surface area contributed by atoms with Crippen molar-refractivity contribution in [1.29, 1.82) is 0 Å². The molecule has 3 rings (SSSR count). The van der Waals surface area contributed by atoms with Crippen molar-refractivity contribution in [2.24, 2.45) is 0 Å². The lowest BCUT2D eigenvalue weighted by molar-refractivity contribution is -0.121. The van der Waals surface area contributed by atoms with Crippen molar-refractivity contribution in [3.05, 3.63) is 54.2 Å². The number of furan rings is 1. The fourth-order valence-electron chi connectivity index (χ4n) is 2.72. The Hall–Kier alpha value is -2.56. The van der Waals surface area contributed by atoms with E-state index in [4.69, 9.17) is 4.42 Å². The monoisotopic (exact) mass is 311 g/mol. The van der Waals surface area contributed by atoms with Gasteiger partial charge in [-0.25, -0.2) is 4.98 Å².